The molecule has 30 heavy (non-hydrogen) atoms. The number of carbonyl (C=O) groups excluding carboxylic acids is 2. The Morgan fingerprint density at radius 1 is 1.13 bits per heavy atom. The standard InChI is InChI=1S/C18H16ClF3N2O5S/c1-11(17(26)24-12-7-8-15(19)14(9-12)18(20,21)22)29-16(25)10-23-30(27,28)13-5-3-2-4-6-13/h2-9,11,23H,10H2,1H3,(H,24,26)/t11-/m0/s1. The molecule has 0 spiro atoms. The van der Waals surface area contributed by atoms with Gasteiger partial charge in [0.25, 0.3) is 5.91 Å². The van der Waals surface area contributed by atoms with E-state index < -0.39 is 51.3 Å². The lowest BCUT2D eigenvalue weighted by Crippen LogP contribution is -2.35. The van der Waals surface area contributed by atoms with E-state index in [0.717, 1.165) is 12.1 Å². The van der Waals surface area contributed by atoms with E-state index in [4.69, 9.17) is 16.3 Å². The molecule has 2 rings (SSSR count). The first-order chi connectivity index (χ1) is 13.9. The number of esters is 1. The van der Waals surface area contributed by atoms with Crippen LogP contribution < -0.4 is 10.0 Å². The van der Waals surface area contributed by atoms with Gasteiger partial charge in [0.2, 0.25) is 10.0 Å². The molecule has 162 valence electrons. The third-order valence-corrected chi connectivity index (χ3v) is 5.42. The Kier molecular flexibility index (Phi) is 7.45. The largest absolute Gasteiger partial charge is 0.452 e. The second-order valence-electron chi connectivity index (χ2n) is 5.95. The molecule has 0 aliphatic heterocycles. The quantitative estimate of drug-likeness (QED) is 0.613. The molecule has 2 aromatic rings. The molecule has 0 aliphatic carbocycles. The van der Waals surface area contributed by atoms with Crippen molar-refractivity contribution >= 4 is 39.2 Å². The van der Waals surface area contributed by atoms with Crippen molar-refractivity contribution in [3.63, 3.8) is 0 Å². The van der Waals surface area contributed by atoms with E-state index in [1.807, 2.05) is 4.72 Å². The number of hydrogen-bond donors (Lipinski definition) is 2. The summed E-state index contributed by atoms with van der Waals surface area (Å²) in [5.74, 6) is -1.96. The molecule has 0 aliphatic rings. The van der Waals surface area contributed by atoms with Gasteiger partial charge < -0.3 is 10.1 Å². The first kappa shape index (κ1) is 23.6. The van der Waals surface area contributed by atoms with Gasteiger partial charge in [0.1, 0.15) is 6.54 Å². The predicted octanol–water partition coefficient (Wildman–Crippen LogP) is 3.21. The number of nitrogens with one attached hydrogen (secondary N) is 2. The van der Waals surface area contributed by atoms with Gasteiger partial charge in [-0.15, -0.1) is 0 Å². The molecule has 0 saturated heterocycles. The summed E-state index contributed by atoms with van der Waals surface area (Å²) < 4.78 is 69.5. The van der Waals surface area contributed by atoms with Crippen molar-refractivity contribution in [2.45, 2.75) is 24.1 Å². The third-order valence-electron chi connectivity index (χ3n) is 3.68. The Morgan fingerprint density at radius 3 is 2.37 bits per heavy atom. The summed E-state index contributed by atoms with van der Waals surface area (Å²) in [6.45, 7) is 0.438. The maximum absolute atomic E-state index is 12.9. The van der Waals surface area contributed by atoms with Crippen molar-refractivity contribution in [2.24, 2.45) is 0 Å². The normalized spacial score (nSPS) is 12.8. The fraction of sp³-hybridized carbons (Fsp3) is 0.222. The van der Waals surface area contributed by atoms with Crippen LogP contribution in [0.1, 0.15) is 12.5 Å². The van der Waals surface area contributed by atoms with Crippen molar-refractivity contribution in [2.75, 3.05) is 11.9 Å². The van der Waals surface area contributed by atoms with E-state index in [0.29, 0.717) is 6.07 Å². The number of carbonyl (C=O) groups is 2. The first-order valence-electron chi connectivity index (χ1n) is 8.32. The van der Waals surface area contributed by atoms with Crippen molar-refractivity contribution in [3.05, 3.63) is 59.1 Å². The molecule has 0 bridgehead atoms. The Hall–Kier alpha value is -2.63. The van der Waals surface area contributed by atoms with Crippen LogP contribution in [0.2, 0.25) is 5.02 Å². The average Bonchev–Trinajstić information content (AvgIpc) is 2.67. The third kappa shape index (κ3) is 6.44. The summed E-state index contributed by atoms with van der Waals surface area (Å²) in [6.07, 6.45) is -6.12. The molecule has 0 unspecified atom stereocenters. The van der Waals surface area contributed by atoms with Crippen LogP contribution >= 0.6 is 11.6 Å². The average molecular weight is 465 g/mol. The number of hydrogen-bond acceptors (Lipinski definition) is 5. The molecule has 2 N–H and O–H groups in total. The van der Waals surface area contributed by atoms with Crippen LogP contribution in [0.3, 0.4) is 0 Å². The second-order valence-corrected chi connectivity index (χ2v) is 8.13. The second kappa shape index (κ2) is 9.45. The minimum Gasteiger partial charge on any atom is -0.452 e. The Bertz CT molecular complexity index is 1030. The molecule has 2 aromatic carbocycles. The van der Waals surface area contributed by atoms with Crippen molar-refractivity contribution in [1.82, 2.24) is 4.72 Å². The summed E-state index contributed by atoms with van der Waals surface area (Å²) in [7, 11) is -3.95. The first-order valence-corrected chi connectivity index (χ1v) is 10.2. The number of rotatable bonds is 7. The van der Waals surface area contributed by atoms with E-state index in [1.54, 1.807) is 6.07 Å². The predicted molar refractivity (Wildman–Crippen MR) is 102 cm³/mol. The van der Waals surface area contributed by atoms with Crippen LogP contribution in [0.25, 0.3) is 0 Å². The lowest BCUT2D eigenvalue weighted by atomic mass is 10.2. The Labute approximate surface area is 175 Å². The van der Waals surface area contributed by atoms with E-state index in [1.165, 1.54) is 31.2 Å². The summed E-state index contributed by atoms with van der Waals surface area (Å²) >= 11 is 5.51. The van der Waals surface area contributed by atoms with Gasteiger partial charge in [-0.2, -0.15) is 17.9 Å². The van der Waals surface area contributed by atoms with Crippen molar-refractivity contribution < 1.29 is 35.9 Å². The van der Waals surface area contributed by atoms with Gasteiger partial charge in [0.15, 0.2) is 6.10 Å². The van der Waals surface area contributed by atoms with Gasteiger partial charge in [-0.1, -0.05) is 29.8 Å². The molecular weight excluding hydrogens is 449 g/mol. The van der Waals surface area contributed by atoms with Gasteiger partial charge in [-0.05, 0) is 37.3 Å². The highest BCUT2D eigenvalue weighted by molar-refractivity contribution is 7.89. The molecule has 0 aromatic heterocycles. The lowest BCUT2D eigenvalue weighted by molar-refractivity contribution is -0.151. The molecule has 0 radical (unpaired) electrons. The van der Waals surface area contributed by atoms with Crippen LogP contribution in [0.4, 0.5) is 18.9 Å². The van der Waals surface area contributed by atoms with Crippen LogP contribution in [0.5, 0.6) is 0 Å². The Balaban J connectivity index is 1.94. The zero-order valence-electron chi connectivity index (χ0n) is 15.4. The van der Waals surface area contributed by atoms with Gasteiger partial charge in [-0.3, -0.25) is 9.59 Å². The summed E-state index contributed by atoms with van der Waals surface area (Å²) in [5, 5.41) is 1.64. The van der Waals surface area contributed by atoms with Crippen LogP contribution in [-0.4, -0.2) is 32.9 Å². The number of sulfonamides is 1. The van der Waals surface area contributed by atoms with Gasteiger partial charge in [-0.25, -0.2) is 8.42 Å². The summed E-state index contributed by atoms with van der Waals surface area (Å²) in [4.78, 5) is 23.8. The minimum absolute atomic E-state index is 0.0631. The number of amides is 1. The monoisotopic (exact) mass is 464 g/mol. The number of anilines is 1. The van der Waals surface area contributed by atoms with Gasteiger partial charge >= 0.3 is 12.1 Å². The topological polar surface area (TPSA) is 102 Å². The highest BCUT2D eigenvalue weighted by Gasteiger charge is 2.33. The number of ether oxygens (including phenoxy) is 1. The fourth-order valence-corrected chi connectivity index (χ4v) is 3.41. The summed E-state index contributed by atoms with van der Waals surface area (Å²) in [5.41, 5.74) is -1.34. The molecule has 0 saturated carbocycles. The number of benzene rings is 2. The van der Waals surface area contributed by atoms with Gasteiger partial charge in [0, 0.05) is 5.69 Å². The lowest BCUT2D eigenvalue weighted by Gasteiger charge is -2.15. The molecule has 7 nitrogen and oxygen atoms in total. The minimum atomic E-state index is -4.72. The van der Waals surface area contributed by atoms with Crippen LogP contribution in [0, 0.1) is 0 Å². The number of alkyl halides is 3. The van der Waals surface area contributed by atoms with Crippen LogP contribution in [-0.2, 0) is 30.5 Å². The van der Waals surface area contributed by atoms with Crippen molar-refractivity contribution in [1.29, 1.82) is 0 Å². The van der Waals surface area contributed by atoms with Crippen LogP contribution in [0.15, 0.2) is 53.4 Å². The highest BCUT2D eigenvalue weighted by atomic mass is 35.5. The summed E-state index contributed by atoms with van der Waals surface area (Å²) in [6, 6.07) is 10.0. The number of halogens is 4. The Morgan fingerprint density at radius 2 is 1.77 bits per heavy atom. The fourth-order valence-electron chi connectivity index (χ4n) is 2.19. The zero-order chi connectivity index (χ0) is 22.5. The zero-order valence-corrected chi connectivity index (χ0v) is 16.9. The molecular formula is C18H16ClF3N2O5S. The van der Waals surface area contributed by atoms with E-state index in [9.17, 15) is 31.2 Å². The van der Waals surface area contributed by atoms with E-state index >= 15 is 0 Å². The van der Waals surface area contributed by atoms with Gasteiger partial charge in [0.05, 0.1) is 15.5 Å². The smallest absolute Gasteiger partial charge is 0.417 e. The molecule has 0 fully saturated rings. The molecule has 1 amide bonds. The maximum Gasteiger partial charge on any atom is 0.417 e. The molecule has 12 heteroatoms. The highest BCUT2D eigenvalue weighted by Crippen LogP contribution is 2.36. The van der Waals surface area contributed by atoms with E-state index in [-0.39, 0.29) is 10.6 Å². The van der Waals surface area contributed by atoms with E-state index in [2.05, 4.69) is 5.32 Å². The van der Waals surface area contributed by atoms with Crippen molar-refractivity contribution in [3.8, 4) is 0 Å². The maximum atomic E-state index is 12.9. The molecule has 1 atom stereocenters. The molecule has 0 heterocycles. The SMILES string of the molecule is C[C@H](OC(=O)CNS(=O)(=O)c1ccccc1)C(=O)Nc1ccc(Cl)c(C(F)(F)F)c1.